The Labute approximate surface area is 195 Å². The second-order valence-electron chi connectivity index (χ2n) is 7.42. The minimum Gasteiger partial charge on any atom is -0.368 e. The SMILES string of the molecule is Clc1ccc(N2CCN(c3ncnc4c3cnn4Cc3ccc(Cl)cc3Cl)CC2)cc1. The molecule has 0 radical (unpaired) electrons. The average molecular weight is 474 g/mol. The van der Waals surface area contributed by atoms with Crippen LogP contribution < -0.4 is 9.80 Å². The third-order valence-corrected chi connectivity index (χ3v) is 6.36. The molecule has 1 aliphatic heterocycles. The highest BCUT2D eigenvalue weighted by Gasteiger charge is 2.21. The van der Waals surface area contributed by atoms with Gasteiger partial charge >= 0.3 is 0 Å². The van der Waals surface area contributed by atoms with E-state index in [1.807, 2.05) is 35.1 Å². The number of benzene rings is 2. The zero-order valence-electron chi connectivity index (χ0n) is 16.5. The van der Waals surface area contributed by atoms with Gasteiger partial charge in [0.1, 0.15) is 12.1 Å². The van der Waals surface area contributed by atoms with E-state index in [2.05, 4.69) is 37.0 Å². The van der Waals surface area contributed by atoms with Crippen LogP contribution in [-0.2, 0) is 6.54 Å². The van der Waals surface area contributed by atoms with Crippen LogP contribution in [0.3, 0.4) is 0 Å². The van der Waals surface area contributed by atoms with Crippen molar-refractivity contribution in [3.05, 3.63) is 75.6 Å². The minimum atomic E-state index is 0.514. The molecule has 3 heterocycles. The maximum Gasteiger partial charge on any atom is 0.163 e. The molecular formula is C22H19Cl3N6. The Bertz CT molecular complexity index is 1220. The van der Waals surface area contributed by atoms with Crippen molar-refractivity contribution in [2.24, 2.45) is 0 Å². The first-order valence-electron chi connectivity index (χ1n) is 9.94. The lowest BCUT2D eigenvalue weighted by Crippen LogP contribution is -2.46. The molecule has 0 saturated carbocycles. The molecule has 2 aromatic carbocycles. The molecule has 9 heteroatoms. The number of hydrogen-bond acceptors (Lipinski definition) is 5. The van der Waals surface area contributed by atoms with E-state index in [4.69, 9.17) is 34.8 Å². The quantitative estimate of drug-likeness (QED) is 0.410. The number of rotatable bonds is 4. The monoisotopic (exact) mass is 472 g/mol. The smallest absolute Gasteiger partial charge is 0.163 e. The van der Waals surface area contributed by atoms with Crippen molar-refractivity contribution in [3.63, 3.8) is 0 Å². The summed E-state index contributed by atoms with van der Waals surface area (Å²) < 4.78 is 1.85. The van der Waals surface area contributed by atoms with Crippen molar-refractivity contribution in [1.82, 2.24) is 19.7 Å². The summed E-state index contributed by atoms with van der Waals surface area (Å²) in [6.45, 7) is 4.05. The molecule has 0 amide bonds. The second kappa shape index (κ2) is 8.54. The van der Waals surface area contributed by atoms with Crippen molar-refractivity contribution >= 4 is 57.3 Å². The van der Waals surface area contributed by atoms with E-state index in [0.717, 1.165) is 53.6 Å². The summed E-state index contributed by atoms with van der Waals surface area (Å²) in [7, 11) is 0. The Balaban J connectivity index is 1.36. The predicted molar refractivity (Wildman–Crippen MR) is 127 cm³/mol. The highest BCUT2D eigenvalue weighted by atomic mass is 35.5. The summed E-state index contributed by atoms with van der Waals surface area (Å²) in [5.41, 5.74) is 2.91. The van der Waals surface area contributed by atoms with Crippen LogP contribution in [0.25, 0.3) is 11.0 Å². The molecule has 0 spiro atoms. The average Bonchev–Trinajstić information content (AvgIpc) is 3.19. The molecule has 31 heavy (non-hydrogen) atoms. The summed E-state index contributed by atoms with van der Waals surface area (Å²) in [4.78, 5) is 13.7. The van der Waals surface area contributed by atoms with Crippen LogP contribution in [0, 0.1) is 0 Å². The Morgan fingerprint density at radius 2 is 1.52 bits per heavy atom. The van der Waals surface area contributed by atoms with E-state index >= 15 is 0 Å². The molecule has 0 atom stereocenters. The van der Waals surface area contributed by atoms with Crippen LogP contribution in [0.4, 0.5) is 11.5 Å². The normalized spacial score (nSPS) is 14.4. The molecule has 4 aromatic rings. The van der Waals surface area contributed by atoms with Gasteiger partial charge in [0.2, 0.25) is 0 Å². The van der Waals surface area contributed by atoms with E-state index < -0.39 is 0 Å². The fourth-order valence-corrected chi connectivity index (χ4v) is 4.48. The van der Waals surface area contributed by atoms with Gasteiger partial charge in [0.25, 0.3) is 0 Å². The van der Waals surface area contributed by atoms with Gasteiger partial charge in [-0.3, -0.25) is 0 Å². The van der Waals surface area contributed by atoms with Gasteiger partial charge in [-0.15, -0.1) is 0 Å². The fraction of sp³-hybridized carbons (Fsp3) is 0.227. The van der Waals surface area contributed by atoms with Gasteiger partial charge in [-0.25, -0.2) is 14.6 Å². The van der Waals surface area contributed by atoms with Gasteiger partial charge in [-0.05, 0) is 42.0 Å². The Kier molecular flexibility index (Phi) is 5.61. The lowest BCUT2D eigenvalue weighted by atomic mass is 10.2. The van der Waals surface area contributed by atoms with E-state index in [1.165, 1.54) is 5.69 Å². The maximum atomic E-state index is 6.34. The van der Waals surface area contributed by atoms with Gasteiger partial charge in [-0.1, -0.05) is 40.9 Å². The van der Waals surface area contributed by atoms with Crippen molar-refractivity contribution in [2.75, 3.05) is 36.0 Å². The Morgan fingerprint density at radius 3 is 2.26 bits per heavy atom. The molecular weight excluding hydrogens is 455 g/mol. The largest absolute Gasteiger partial charge is 0.368 e. The summed E-state index contributed by atoms with van der Waals surface area (Å²) in [5.74, 6) is 0.911. The molecule has 0 aliphatic carbocycles. The van der Waals surface area contributed by atoms with Crippen LogP contribution in [0.15, 0.2) is 55.0 Å². The topological polar surface area (TPSA) is 50.1 Å². The highest BCUT2D eigenvalue weighted by Crippen LogP contribution is 2.27. The van der Waals surface area contributed by atoms with Crippen molar-refractivity contribution in [1.29, 1.82) is 0 Å². The second-order valence-corrected chi connectivity index (χ2v) is 8.70. The fourth-order valence-electron chi connectivity index (χ4n) is 3.89. The molecule has 1 aliphatic rings. The van der Waals surface area contributed by atoms with Crippen LogP contribution in [0.2, 0.25) is 15.1 Å². The molecule has 158 valence electrons. The molecule has 0 N–H and O–H groups in total. The number of halogens is 3. The summed E-state index contributed by atoms with van der Waals surface area (Å²) in [6, 6.07) is 13.5. The van der Waals surface area contributed by atoms with E-state index in [1.54, 1.807) is 12.4 Å². The third-order valence-electron chi connectivity index (χ3n) is 5.52. The Morgan fingerprint density at radius 1 is 0.806 bits per heavy atom. The van der Waals surface area contributed by atoms with Gasteiger partial charge in [0, 0.05) is 46.9 Å². The lowest BCUT2D eigenvalue weighted by Gasteiger charge is -2.36. The first-order chi connectivity index (χ1) is 15.1. The highest BCUT2D eigenvalue weighted by molar-refractivity contribution is 6.35. The molecule has 0 unspecified atom stereocenters. The molecule has 0 bridgehead atoms. The molecule has 1 fully saturated rings. The van der Waals surface area contributed by atoms with Gasteiger partial charge in [-0.2, -0.15) is 5.10 Å². The third kappa shape index (κ3) is 4.15. The number of nitrogens with zero attached hydrogens (tertiary/aromatic N) is 6. The van der Waals surface area contributed by atoms with E-state index in [0.29, 0.717) is 16.6 Å². The lowest BCUT2D eigenvalue weighted by molar-refractivity contribution is 0.648. The predicted octanol–water partition coefficient (Wildman–Crippen LogP) is 5.16. The van der Waals surface area contributed by atoms with Crippen molar-refractivity contribution in [3.8, 4) is 0 Å². The summed E-state index contributed by atoms with van der Waals surface area (Å²) in [5, 5.41) is 7.47. The molecule has 2 aromatic heterocycles. The number of piperazine rings is 1. The minimum absolute atomic E-state index is 0.514. The first-order valence-corrected chi connectivity index (χ1v) is 11.1. The Hall–Kier alpha value is -2.54. The molecule has 6 nitrogen and oxygen atoms in total. The van der Waals surface area contributed by atoms with Gasteiger partial charge in [0.15, 0.2) is 5.65 Å². The van der Waals surface area contributed by atoms with E-state index in [-0.39, 0.29) is 0 Å². The number of aromatic nitrogens is 4. The van der Waals surface area contributed by atoms with Crippen molar-refractivity contribution < 1.29 is 0 Å². The van der Waals surface area contributed by atoms with Crippen LogP contribution in [-0.4, -0.2) is 45.9 Å². The van der Waals surface area contributed by atoms with Crippen LogP contribution in [0.1, 0.15) is 5.56 Å². The van der Waals surface area contributed by atoms with Crippen LogP contribution >= 0.6 is 34.8 Å². The maximum absolute atomic E-state index is 6.34. The summed E-state index contributed by atoms with van der Waals surface area (Å²) in [6.07, 6.45) is 3.44. The van der Waals surface area contributed by atoms with Gasteiger partial charge < -0.3 is 9.80 Å². The standard InChI is InChI=1S/C22H19Cl3N6/c23-16-3-5-18(6-4-16)29-7-9-30(10-8-29)21-19-12-28-31(22(19)27-14-26-21)13-15-1-2-17(24)11-20(15)25/h1-6,11-12,14H,7-10,13H2. The van der Waals surface area contributed by atoms with Crippen molar-refractivity contribution in [2.45, 2.75) is 6.54 Å². The summed E-state index contributed by atoms with van der Waals surface area (Å²) >= 11 is 18.4. The van der Waals surface area contributed by atoms with Crippen LogP contribution in [0.5, 0.6) is 0 Å². The number of hydrogen-bond donors (Lipinski definition) is 0. The van der Waals surface area contributed by atoms with Gasteiger partial charge in [0.05, 0.1) is 18.1 Å². The first kappa shape index (κ1) is 20.4. The zero-order chi connectivity index (χ0) is 21.4. The molecule has 1 saturated heterocycles. The molecule has 5 rings (SSSR count). The zero-order valence-corrected chi connectivity index (χ0v) is 18.8. The number of anilines is 2. The van der Waals surface area contributed by atoms with E-state index in [9.17, 15) is 0 Å². The number of fused-ring (bicyclic) bond motifs is 1.